The molecule has 1 unspecified atom stereocenters. The lowest BCUT2D eigenvalue weighted by atomic mass is 10.1. The molecule has 0 saturated heterocycles. The molecule has 5 rings (SSSR count). The first-order valence-electron chi connectivity index (χ1n) is 10.4. The van der Waals surface area contributed by atoms with Crippen LogP contribution in [-0.4, -0.2) is 23.9 Å². The van der Waals surface area contributed by atoms with Gasteiger partial charge in [0.15, 0.2) is 24.3 Å². The van der Waals surface area contributed by atoms with Gasteiger partial charge >= 0.3 is 5.97 Å². The van der Waals surface area contributed by atoms with Crippen molar-refractivity contribution in [3.63, 3.8) is 0 Å². The van der Waals surface area contributed by atoms with E-state index in [2.05, 4.69) is 4.90 Å². The molecular weight excluding hydrogens is 458 g/mol. The van der Waals surface area contributed by atoms with Gasteiger partial charge in [-0.1, -0.05) is 42.5 Å². The molecule has 0 saturated carbocycles. The van der Waals surface area contributed by atoms with Crippen LogP contribution in [0.3, 0.4) is 0 Å². The summed E-state index contributed by atoms with van der Waals surface area (Å²) in [6.07, 6.45) is -0.636. The highest BCUT2D eigenvalue weighted by Crippen LogP contribution is 2.51. The molecule has 6 nitrogen and oxygen atoms in total. The molecule has 0 radical (unpaired) electrons. The van der Waals surface area contributed by atoms with Crippen LogP contribution in [0.2, 0.25) is 0 Å². The molecular formula is C25H21NO5S2. The predicted octanol–water partition coefficient (Wildman–Crippen LogP) is 6.30. The second-order valence-electron chi connectivity index (χ2n) is 7.46. The topological polar surface area (TPSA) is 68.2 Å². The summed E-state index contributed by atoms with van der Waals surface area (Å²) in [7, 11) is 0. The molecule has 33 heavy (non-hydrogen) atoms. The lowest BCUT2D eigenvalue weighted by Gasteiger charge is -2.27. The molecule has 1 aliphatic rings. The summed E-state index contributed by atoms with van der Waals surface area (Å²) in [5.41, 5.74) is 1.81. The minimum Gasteiger partial charge on any atom is -0.479 e. The molecule has 0 amide bonds. The number of carboxylic acids is 1. The Morgan fingerprint density at radius 3 is 2.21 bits per heavy atom. The van der Waals surface area contributed by atoms with Crippen LogP contribution >= 0.6 is 22.7 Å². The van der Waals surface area contributed by atoms with Gasteiger partial charge in [-0.05, 0) is 46.2 Å². The predicted molar refractivity (Wildman–Crippen MR) is 129 cm³/mol. The fourth-order valence-electron chi connectivity index (χ4n) is 3.52. The van der Waals surface area contributed by atoms with E-state index < -0.39 is 12.1 Å². The molecule has 0 aliphatic carbocycles. The molecule has 0 fully saturated rings. The Labute approximate surface area is 199 Å². The Kier molecular flexibility index (Phi) is 6.30. The maximum atomic E-state index is 11.7. The Morgan fingerprint density at radius 1 is 0.909 bits per heavy atom. The number of fused-ring (bicyclic) bond motifs is 2. The van der Waals surface area contributed by atoms with E-state index in [9.17, 15) is 9.90 Å². The summed E-state index contributed by atoms with van der Waals surface area (Å²) in [4.78, 5) is 13.8. The van der Waals surface area contributed by atoms with Crippen LogP contribution in [0.4, 0.5) is 10.0 Å². The number of nitrogens with zero attached hydrogens (tertiary/aromatic N) is 1. The fraction of sp³-hybridized carbons (Fsp3) is 0.160. The molecule has 3 heterocycles. The van der Waals surface area contributed by atoms with Crippen molar-refractivity contribution < 1.29 is 24.1 Å². The Morgan fingerprint density at radius 2 is 1.58 bits per heavy atom. The van der Waals surface area contributed by atoms with Crippen LogP contribution in [0.1, 0.15) is 11.1 Å². The molecule has 2 aromatic carbocycles. The Bertz CT molecular complexity index is 1180. The fourth-order valence-corrected chi connectivity index (χ4v) is 5.21. The first-order chi connectivity index (χ1) is 16.2. The monoisotopic (exact) mass is 479 g/mol. The third-order valence-electron chi connectivity index (χ3n) is 5.20. The number of anilines is 2. The highest BCUT2D eigenvalue weighted by molar-refractivity contribution is 7.17. The SMILES string of the molecule is O=C(O)C(Cc1ccc(OCN2c3sccc3Oc3ccsc32)cc1)OCc1ccccc1. The van der Waals surface area contributed by atoms with E-state index in [4.69, 9.17) is 14.2 Å². The van der Waals surface area contributed by atoms with Crippen molar-refractivity contribution in [2.24, 2.45) is 0 Å². The van der Waals surface area contributed by atoms with Crippen molar-refractivity contribution in [2.45, 2.75) is 19.1 Å². The van der Waals surface area contributed by atoms with Gasteiger partial charge in [-0.25, -0.2) is 4.79 Å². The summed E-state index contributed by atoms with van der Waals surface area (Å²) in [5.74, 6) is 1.40. The Hall–Kier alpha value is -3.33. The third kappa shape index (κ3) is 4.88. The molecule has 1 aliphatic heterocycles. The summed E-state index contributed by atoms with van der Waals surface area (Å²) in [5, 5.41) is 15.6. The summed E-state index contributed by atoms with van der Waals surface area (Å²) >= 11 is 3.22. The highest BCUT2D eigenvalue weighted by atomic mass is 32.1. The highest BCUT2D eigenvalue weighted by Gasteiger charge is 2.27. The average Bonchev–Trinajstić information content (AvgIpc) is 3.50. The minimum atomic E-state index is -0.975. The van der Waals surface area contributed by atoms with E-state index in [0.717, 1.165) is 32.6 Å². The van der Waals surface area contributed by atoms with E-state index in [0.29, 0.717) is 12.5 Å². The number of thiophene rings is 2. The first-order valence-corrected chi connectivity index (χ1v) is 12.1. The van der Waals surface area contributed by atoms with Crippen molar-refractivity contribution in [3.05, 3.63) is 88.6 Å². The van der Waals surface area contributed by atoms with Crippen molar-refractivity contribution >= 4 is 38.6 Å². The van der Waals surface area contributed by atoms with Crippen molar-refractivity contribution in [1.29, 1.82) is 0 Å². The van der Waals surface area contributed by atoms with Crippen LogP contribution in [0, 0.1) is 0 Å². The lowest BCUT2D eigenvalue weighted by Crippen LogP contribution is -2.26. The van der Waals surface area contributed by atoms with Crippen LogP contribution < -0.4 is 14.4 Å². The van der Waals surface area contributed by atoms with E-state index in [1.54, 1.807) is 22.7 Å². The van der Waals surface area contributed by atoms with E-state index in [-0.39, 0.29) is 13.0 Å². The van der Waals surface area contributed by atoms with E-state index in [1.807, 2.05) is 77.5 Å². The largest absolute Gasteiger partial charge is 0.479 e. The summed E-state index contributed by atoms with van der Waals surface area (Å²) < 4.78 is 17.6. The average molecular weight is 480 g/mol. The molecule has 0 bridgehead atoms. The summed E-state index contributed by atoms with van der Waals surface area (Å²) in [6, 6.07) is 20.9. The number of hydrogen-bond acceptors (Lipinski definition) is 7. The van der Waals surface area contributed by atoms with E-state index >= 15 is 0 Å². The standard InChI is InChI=1S/C25H21NO5S2/c27-25(28)22(29-15-18-4-2-1-3-5-18)14-17-6-8-19(9-7-17)30-16-26-23-20(10-12-32-23)31-21-11-13-33-24(21)26/h1-13,22H,14-16H2,(H,27,28). The zero-order valence-electron chi connectivity index (χ0n) is 17.5. The van der Waals surface area contributed by atoms with Crippen molar-refractivity contribution in [3.8, 4) is 17.2 Å². The van der Waals surface area contributed by atoms with Gasteiger partial charge in [-0.2, -0.15) is 0 Å². The van der Waals surface area contributed by atoms with E-state index in [1.165, 1.54) is 0 Å². The van der Waals surface area contributed by atoms with Gasteiger partial charge < -0.3 is 19.3 Å². The third-order valence-corrected chi connectivity index (χ3v) is 7.04. The van der Waals surface area contributed by atoms with Gasteiger partial charge in [0.05, 0.1) is 6.61 Å². The first kappa shape index (κ1) is 21.5. The number of hydrogen-bond donors (Lipinski definition) is 1. The Balaban J connectivity index is 1.20. The van der Waals surface area contributed by atoms with Gasteiger partial charge in [-0.15, -0.1) is 22.7 Å². The number of rotatable bonds is 9. The minimum absolute atomic E-state index is 0.258. The van der Waals surface area contributed by atoms with Crippen LogP contribution in [-0.2, 0) is 22.6 Å². The maximum Gasteiger partial charge on any atom is 0.333 e. The van der Waals surface area contributed by atoms with Crippen LogP contribution in [0.15, 0.2) is 77.5 Å². The maximum absolute atomic E-state index is 11.7. The second kappa shape index (κ2) is 9.66. The van der Waals surface area contributed by atoms with Gasteiger partial charge in [0.2, 0.25) is 0 Å². The number of aliphatic carboxylic acids is 1. The molecule has 168 valence electrons. The normalized spacial score (nSPS) is 13.0. The smallest absolute Gasteiger partial charge is 0.333 e. The van der Waals surface area contributed by atoms with Crippen molar-refractivity contribution in [2.75, 3.05) is 11.6 Å². The summed E-state index contributed by atoms with van der Waals surface area (Å²) in [6.45, 7) is 0.607. The zero-order chi connectivity index (χ0) is 22.6. The number of benzene rings is 2. The zero-order valence-corrected chi connectivity index (χ0v) is 19.2. The second-order valence-corrected chi connectivity index (χ2v) is 9.24. The lowest BCUT2D eigenvalue weighted by molar-refractivity contribution is -0.151. The van der Waals surface area contributed by atoms with Gasteiger partial charge in [0.25, 0.3) is 0 Å². The van der Waals surface area contributed by atoms with Crippen LogP contribution in [0.5, 0.6) is 17.2 Å². The molecule has 2 aromatic heterocycles. The molecule has 0 spiro atoms. The molecule has 1 atom stereocenters. The van der Waals surface area contributed by atoms with Gasteiger partial charge in [-0.3, -0.25) is 4.90 Å². The van der Waals surface area contributed by atoms with Gasteiger partial charge in [0, 0.05) is 6.42 Å². The number of carboxylic acid groups (broad SMARTS) is 1. The quantitative estimate of drug-likeness (QED) is 0.304. The molecule has 1 N–H and O–H groups in total. The number of carbonyl (C=O) groups is 1. The number of ether oxygens (including phenoxy) is 3. The molecule has 8 heteroatoms. The molecule has 4 aromatic rings. The van der Waals surface area contributed by atoms with Crippen molar-refractivity contribution in [1.82, 2.24) is 0 Å². The van der Waals surface area contributed by atoms with Gasteiger partial charge in [0.1, 0.15) is 15.8 Å². The van der Waals surface area contributed by atoms with Crippen LogP contribution in [0.25, 0.3) is 0 Å².